The number of fused-ring (bicyclic) bond motifs is 3. The minimum Gasteiger partial charge on any atom is -0.308 e. The van der Waals surface area contributed by atoms with Crippen LogP contribution >= 0.6 is 0 Å². The predicted octanol–water partition coefficient (Wildman–Crippen LogP) is 11.2. The Bertz CT molecular complexity index is 2690. The molecule has 0 atom stereocenters. The van der Waals surface area contributed by atoms with E-state index in [-0.39, 0.29) is 0 Å². The first-order chi connectivity index (χ1) is 25.2. The van der Waals surface area contributed by atoms with Crippen LogP contribution in [0.15, 0.2) is 176 Å². The smallest absolute Gasteiger partial charge is 0.166 e. The van der Waals surface area contributed by atoms with Gasteiger partial charge in [0.25, 0.3) is 0 Å². The summed E-state index contributed by atoms with van der Waals surface area (Å²) >= 11 is 0. The lowest BCUT2D eigenvalue weighted by molar-refractivity contribution is 1.06. The number of aromatic nitrogens is 4. The Morgan fingerprint density at radius 3 is 1.57 bits per heavy atom. The van der Waals surface area contributed by atoms with Gasteiger partial charge in [0.2, 0.25) is 0 Å². The number of rotatable bonds is 6. The third-order valence-electron chi connectivity index (χ3n) is 9.30. The van der Waals surface area contributed by atoms with Crippen molar-refractivity contribution in [1.29, 1.82) is 5.26 Å². The molecule has 51 heavy (non-hydrogen) atoms. The Morgan fingerprint density at radius 1 is 0.392 bits per heavy atom. The molecule has 0 bridgehead atoms. The zero-order valence-corrected chi connectivity index (χ0v) is 27.5. The Hall–Kier alpha value is -7.16. The molecule has 0 N–H and O–H groups in total. The summed E-state index contributed by atoms with van der Waals surface area (Å²) in [6, 6.07) is 62.2. The average molecular weight is 652 g/mol. The van der Waals surface area contributed by atoms with Crippen LogP contribution in [0.4, 0.5) is 0 Å². The number of benzene rings is 7. The van der Waals surface area contributed by atoms with Crippen molar-refractivity contribution in [3.8, 4) is 68.2 Å². The molecule has 0 radical (unpaired) electrons. The predicted molar refractivity (Wildman–Crippen MR) is 206 cm³/mol. The normalized spacial score (nSPS) is 11.1. The highest BCUT2D eigenvalue weighted by Gasteiger charge is 2.20. The lowest BCUT2D eigenvalue weighted by Gasteiger charge is -2.15. The SMILES string of the molecule is N#Cc1ccc(-n2c3ccccc3c3cc(-c4ccccc4-c4ccccc4)ccc32)c(-c2nc(-c3ccccc3)nc(-c3ccccc3)n2)c1. The van der Waals surface area contributed by atoms with E-state index in [2.05, 4.69) is 102 Å². The highest BCUT2D eigenvalue weighted by atomic mass is 15.1. The van der Waals surface area contributed by atoms with E-state index in [1.807, 2.05) is 84.9 Å². The van der Waals surface area contributed by atoms with E-state index in [1.54, 1.807) is 0 Å². The first-order valence-electron chi connectivity index (χ1n) is 16.8. The van der Waals surface area contributed by atoms with E-state index in [1.165, 1.54) is 16.7 Å². The largest absolute Gasteiger partial charge is 0.308 e. The van der Waals surface area contributed by atoms with Crippen molar-refractivity contribution in [2.24, 2.45) is 0 Å². The summed E-state index contributed by atoms with van der Waals surface area (Å²) in [5.74, 6) is 1.63. The van der Waals surface area contributed by atoms with E-state index in [0.29, 0.717) is 23.0 Å². The van der Waals surface area contributed by atoms with Gasteiger partial charge in [0, 0.05) is 27.5 Å². The molecule has 0 saturated heterocycles. The average Bonchev–Trinajstić information content (AvgIpc) is 3.55. The summed E-state index contributed by atoms with van der Waals surface area (Å²) in [7, 11) is 0. The molecule has 0 amide bonds. The first-order valence-corrected chi connectivity index (χ1v) is 16.8. The molecule has 0 spiro atoms. The van der Waals surface area contributed by atoms with E-state index in [9.17, 15) is 5.26 Å². The molecule has 0 fully saturated rings. The van der Waals surface area contributed by atoms with Crippen molar-refractivity contribution in [2.45, 2.75) is 0 Å². The molecule has 2 heterocycles. The van der Waals surface area contributed by atoms with Crippen LogP contribution in [-0.2, 0) is 0 Å². The fourth-order valence-electron chi connectivity index (χ4n) is 6.91. The second-order valence-electron chi connectivity index (χ2n) is 12.4. The maximum Gasteiger partial charge on any atom is 0.166 e. The quantitative estimate of drug-likeness (QED) is 0.179. The van der Waals surface area contributed by atoms with Gasteiger partial charge in [0.15, 0.2) is 17.5 Å². The van der Waals surface area contributed by atoms with Crippen LogP contribution in [0.5, 0.6) is 0 Å². The van der Waals surface area contributed by atoms with Gasteiger partial charge < -0.3 is 4.57 Å². The third-order valence-corrected chi connectivity index (χ3v) is 9.30. The van der Waals surface area contributed by atoms with Gasteiger partial charge in [0.05, 0.1) is 28.4 Å². The molecule has 5 nitrogen and oxygen atoms in total. The minimum absolute atomic E-state index is 0.495. The van der Waals surface area contributed by atoms with Gasteiger partial charge in [0.1, 0.15) is 0 Å². The highest BCUT2D eigenvalue weighted by Crippen LogP contribution is 2.40. The summed E-state index contributed by atoms with van der Waals surface area (Å²) in [5, 5.41) is 12.3. The molecular formula is C46H29N5. The molecule has 238 valence electrons. The van der Waals surface area contributed by atoms with Crippen molar-refractivity contribution in [2.75, 3.05) is 0 Å². The van der Waals surface area contributed by atoms with Crippen molar-refractivity contribution >= 4 is 21.8 Å². The van der Waals surface area contributed by atoms with Crippen LogP contribution in [0, 0.1) is 11.3 Å². The topological polar surface area (TPSA) is 67.4 Å². The van der Waals surface area contributed by atoms with Crippen molar-refractivity contribution < 1.29 is 0 Å². The van der Waals surface area contributed by atoms with Crippen LogP contribution in [0.1, 0.15) is 5.56 Å². The van der Waals surface area contributed by atoms with Gasteiger partial charge in [-0.15, -0.1) is 0 Å². The van der Waals surface area contributed by atoms with Gasteiger partial charge in [-0.2, -0.15) is 5.26 Å². The molecule has 9 aromatic rings. The molecule has 0 aliphatic carbocycles. The van der Waals surface area contributed by atoms with E-state index >= 15 is 0 Å². The van der Waals surface area contributed by atoms with Crippen molar-refractivity contribution in [3.63, 3.8) is 0 Å². The lowest BCUT2D eigenvalue weighted by Crippen LogP contribution is -2.04. The third kappa shape index (κ3) is 5.42. The molecule has 9 rings (SSSR count). The van der Waals surface area contributed by atoms with Crippen LogP contribution in [0.25, 0.3) is 83.9 Å². The van der Waals surface area contributed by atoms with Gasteiger partial charge in [-0.05, 0) is 58.7 Å². The maximum atomic E-state index is 10.1. The summed E-state index contributed by atoms with van der Waals surface area (Å²) in [5.41, 5.74) is 10.7. The van der Waals surface area contributed by atoms with Crippen LogP contribution in [0.2, 0.25) is 0 Å². The maximum absolute atomic E-state index is 10.1. The van der Waals surface area contributed by atoms with Gasteiger partial charge in [-0.1, -0.05) is 140 Å². The number of para-hydroxylation sites is 1. The molecule has 5 heteroatoms. The zero-order valence-electron chi connectivity index (χ0n) is 27.5. The molecule has 7 aromatic carbocycles. The Kier molecular flexibility index (Phi) is 7.46. The standard InChI is InChI=1S/C46H29N5/c47-30-31-24-26-43(40(28-31)46-49-44(33-16-6-2-7-17-33)48-45(50-46)34-18-8-3-9-19-34)51-41-23-13-12-22-38(41)39-29-35(25-27-42(39)51)37-21-11-10-20-36(37)32-14-4-1-5-15-32/h1-29H. The summed E-state index contributed by atoms with van der Waals surface area (Å²) in [4.78, 5) is 15.0. The van der Waals surface area contributed by atoms with Crippen LogP contribution in [0.3, 0.4) is 0 Å². The Morgan fingerprint density at radius 2 is 0.922 bits per heavy atom. The number of hydrogen-bond donors (Lipinski definition) is 0. The second kappa shape index (κ2) is 12.7. The molecule has 2 aromatic heterocycles. The van der Waals surface area contributed by atoms with E-state index in [4.69, 9.17) is 15.0 Å². The van der Waals surface area contributed by atoms with Gasteiger partial charge in [-0.25, -0.2) is 15.0 Å². The molecule has 0 unspecified atom stereocenters. The lowest BCUT2D eigenvalue weighted by atomic mass is 9.94. The highest BCUT2D eigenvalue weighted by molar-refractivity contribution is 6.11. The number of nitrogens with zero attached hydrogens (tertiary/aromatic N) is 5. The monoisotopic (exact) mass is 651 g/mol. The Labute approximate surface area is 295 Å². The number of hydrogen-bond acceptors (Lipinski definition) is 4. The fourth-order valence-corrected chi connectivity index (χ4v) is 6.91. The van der Waals surface area contributed by atoms with Crippen molar-refractivity contribution in [3.05, 3.63) is 181 Å². The summed E-state index contributed by atoms with van der Waals surface area (Å²) < 4.78 is 2.27. The molecular weight excluding hydrogens is 623 g/mol. The molecule has 0 saturated carbocycles. The molecule has 0 aliphatic heterocycles. The number of nitriles is 1. The Balaban J connectivity index is 1.29. The summed E-state index contributed by atoms with van der Waals surface area (Å²) in [6.07, 6.45) is 0. The van der Waals surface area contributed by atoms with E-state index in [0.717, 1.165) is 49.7 Å². The van der Waals surface area contributed by atoms with E-state index < -0.39 is 0 Å². The fraction of sp³-hybridized carbons (Fsp3) is 0. The summed E-state index contributed by atoms with van der Waals surface area (Å²) in [6.45, 7) is 0. The first kappa shape index (κ1) is 29.9. The van der Waals surface area contributed by atoms with Crippen LogP contribution in [-0.4, -0.2) is 19.5 Å². The zero-order chi connectivity index (χ0) is 34.1. The minimum atomic E-state index is 0.495. The van der Waals surface area contributed by atoms with Crippen molar-refractivity contribution in [1.82, 2.24) is 19.5 Å². The molecule has 0 aliphatic rings. The van der Waals surface area contributed by atoms with Crippen LogP contribution < -0.4 is 0 Å². The van der Waals surface area contributed by atoms with Gasteiger partial charge >= 0.3 is 0 Å². The van der Waals surface area contributed by atoms with Gasteiger partial charge in [-0.3, -0.25) is 0 Å². The second-order valence-corrected chi connectivity index (χ2v) is 12.4.